The first-order chi connectivity index (χ1) is 11.3. The lowest BCUT2D eigenvalue weighted by Gasteiger charge is -2.15. The number of benzene rings is 1. The maximum absolute atomic E-state index is 12.6. The summed E-state index contributed by atoms with van der Waals surface area (Å²) in [6.07, 6.45) is 3.32. The summed E-state index contributed by atoms with van der Waals surface area (Å²) < 4.78 is 5.48. The molecule has 4 heteroatoms. The molecule has 0 spiro atoms. The van der Waals surface area contributed by atoms with Crippen molar-refractivity contribution >= 4 is 5.97 Å². The summed E-state index contributed by atoms with van der Waals surface area (Å²) in [5.41, 5.74) is 2.20. The van der Waals surface area contributed by atoms with E-state index in [0.717, 1.165) is 5.56 Å². The van der Waals surface area contributed by atoms with Crippen molar-refractivity contribution in [1.82, 2.24) is 9.97 Å². The fourth-order valence-electron chi connectivity index (χ4n) is 2.30. The largest absolute Gasteiger partial charge is 0.460 e. The molecular weight excluding hydrogens is 288 g/mol. The number of ether oxygens (including phenoxy) is 1. The molecule has 0 aliphatic rings. The van der Waals surface area contributed by atoms with E-state index < -0.39 is 5.92 Å². The Kier molecular flexibility index (Phi) is 4.74. The van der Waals surface area contributed by atoms with E-state index in [-0.39, 0.29) is 12.6 Å². The molecule has 0 bridgehead atoms. The normalized spacial score (nSPS) is 10.5. The van der Waals surface area contributed by atoms with Gasteiger partial charge in [0.2, 0.25) is 0 Å². The first kappa shape index (κ1) is 14.9. The van der Waals surface area contributed by atoms with Crippen LogP contribution < -0.4 is 0 Å². The van der Waals surface area contributed by atoms with Crippen molar-refractivity contribution in [3.63, 3.8) is 0 Å². The van der Waals surface area contributed by atoms with E-state index >= 15 is 0 Å². The minimum Gasteiger partial charge on any atom is -0.460 e. The number of pyridine rings is 2. The van der Waals surface area contributed by atoms with Crippen LogP contribution in [0.4, 0.5) is 0 Å². The fraction of sp³-hybridized carbons (Fsp3) is 0.105. The van der Waals surface area contributed by atoms with Crippen molar-refractivity contribution < 1.29 is 9.53 Å². The number of nitrogens with zero attached hydrogens (tertiary/aromatic N) is 2. The number of rotatable bonds is 5. The van der Waals surface area contributed by atoms with Crippen molar-refractivity contribution in [3.8, 4) is 0 Å². The monoisotopic (exact) mass is 304 g/mol. The first-order valence-corrected chi connectivity index (χ1v) is 7.37. The zero-order valence-corrected chi connectivity index (χ0v) is 12.5. The van der Waals surface area contributed by atoms with Crippen LogP contribution in [0.2, 0.25) is 0 Å². The van der Waals surface area contributed by atoms with Crippen molar-refractivity contribution in [2.75, 3.05) is 0 Å². The number of aromatic nitrogens is 2. The lowest BCUT2D eigenvalue weighted by atomic mass is 10.00. The minimum absolute atomic E-state index is 0.232. The molecule has 3 aromatic rings. The molecule has 4 nitrogen and oxygen atoms in total. The van der Waals surface area contributed by atoms with Crippen molar-refractivity contribution in [3.05, 3.63) is 96.1 Å². The third-order valence-corrected chi connectivity index (χ3v) is 3.43. The quantitative estimate of drug-likeness (QED) is 0.678. The van der Waals surface area contributed by atoms with Crippen molar-refractivity contribution in [2.24, 2.45) is 0 Å². The average molecular weight is 304 g/mol. The molecule has 0 amide bonds. The standard InChI is InChI=1S/C19H16N2O2/c22-19(23-14-15-8-2-1-3-9-15)18(16-10-4-6-12-20-16)17-11-5-7-13-21-17/h1-13,18H,14H2. The second kappa shape index (κ2) is 7.31. The lowest BCUT2D eigenvalue weighted by Crippen LogP contribution is -2.19. The molecule has 2 aromatic heterocycles. The van der Waals surface area contributed by atoms with Gasteiger partial charge in [-0.25, -0.2) is 0 Å². The van der Waals surface area contributed by atoms with Gasteiger partial charge < -0.3 is 4.74 Å². The van der Waals surface area contributed by atoms with Crippen molar-refractivity contribution in [1.29, 1.82) is 0 Å². The number of carbonyl (C=O) groups is 1. The van der Waals surface area contributed by atoms with Gasteiger partial charge in [-0.2, -0.15) is 0 Å². The summed E-state index contributed by atoms with van der Waals surface area (Å²) >= 11 is 0. The molecule has 0 radical (unpaired) electrons. The van der Waals surface area contributed by atoms with Crippen LogP contribution in [0.15, 0.2) is 79.1 Å². The van der Waals surface area contributed by atoms with Crippen LogP contribution in [0.3, 0.4) is 0 Å². The maximum Gasteiger partial charge on any atom is 0.321 e. The highest BCUT2D eigenvalue weighted by molar-refractivity contribution is 5.81. The molecule has 0 saturated heterocycles. The Morgan fingerprint density at radius 1 is 0.826 bits per heavy atom. The van der Waals surface area contributed by atoms with Gasteiger partial charge in [0.1, 0.15) is 12.5 Å². The lowest BCUT2D eigenvalue weighted by molar-refractivity contribution is -0.145. The maximum atomic E-state index is 12.6. The van der Waals surface area contributed by atoms with Crippen LogP contribution in [0.25, 0.3) is 0 Å². The van der Waals surface area contributed by atoms with E-state index in [0.29, 0.717) is 11.4 Å². The zero-order valence-electron chi connectivity index (χ0n) is 12.5. The predicted octanol–water partition coefficient (Wildman–Crippen LogP) is 3.35. The van der Waals surface area contributed by atoms with Crippen LogP contribution in [0.1, 0.15) is 22.9 Å². The van der Waals surface area contributed by atoms with Crippen LogP contribution in [-0.2, 0) is 16.1 Å². The van der Waals surface area contributed by atoms with E-state index in [1.54, 1.807) is 12.4 Å². The van der Waals surface area contributed by atoms with Crippen LogP contribution in [-0.4, -0.2) is 15.9 Å². The van der Waals surface area contributed by atoms with Crippen LogP contribution >= 0.6 is 0 Å². The highest BCUT2D eigenvalue weighted by Gasteiger charge is 2.26. The Morgan fingerprint density at radius 3 is 1.91 bits per heavy atom. The number of carbonyl (C=O) groups excluding carboxylic acids is 1. The second-order valence-corrected chi connectivity index (χ2v) is 5.04. The molecule has 0 unspecified atom stereocenters. The zero-order chi connectivity index (χ0) is 15.9. The van der Waals surface area contributed by atoms with E-state index in [4.69, 9.17) is 4.74 Å². The summed E-state index contributed by atoms with van der Waals surface area (Å²) in [6.45, 7) is 0.232. The molecule has 3 rings (SSSR count). The summed E-state index contributed by atoms with van der Waals surface area (Å²) in [5.74, 6) is -0.979. The topological polar surface area (TPSA) is 52.1 Å². The number of hydrogen-bond donors (Lipinski definition) is 0. The van der Waals surface area contributed by atoms with Gasteiger partial charge in [-0.15, -0.1) is 0 Å². The van der Waals surface area contributed by atoms with Gasteiger partial charge in [-0.1, -0.05) is 42.5 Å². The molecule has 23 heavy (non-hydrogen) atoms. The first-order valence-electron chi connectivity index (χ1n) is 7.37. The van der Waals surface area contributed by atoms with Gasteiger partial charge in [0.05, 0.1) is 11.4 Å². The smallest absolute Gasteiger partial charge is 0.321 e. The minimum atomic E-state index is -0.624. The van der Waals surface area contributed by atoms with Gasteiger partial charge in [0.25, 0.3) is 0 Å². The third kappa shape index (κ3) is 3.80. The SMILES string of the molecule is O=C(OCc1ccccc1)C(c1ccccn1)c1ccccn1. The fourth-order valence-corrected chi connectivity index (χ4v) is 2.30. The molecule has 1 aromatic carbocycles. The van der Waals surface area contributed by atoms with Gasteiger partial charge >= 0.3 is 5.97 Å². The molecule has 2 heterocycles. The number of hydrogen-bond acceptors (Lipinski definition) is 4. The van der Waals surface area contributed by atoms with Gasteiger partial charge in [0, 0.05) is 12.4 Å². The summed E-state index contributed by atoms with van der Waals surface area (Å²) in [7, 11) is 0. The van der Waals surface area contributed by atoms with Crippen molar-refractivity contribution in [2.45, 2.75) is 12.5 Å². The molecular formula is C19H16N2O2. The summed E-state index contributed by atoms with van der Waals surface area (Å²) in [6, 6.07) is 20.5. The van der Waals surface area contributed by atoms with E-state index in [2.05, 4.69) is 9.97 Å². The Morgan fingerprint density at radius 2 is 1.39 bits per heavy atom. The van der Waals surface area contributed by atoms with Crippen LogP contribution in [0, 0.1) is 0 Å². The molecule has 0 N–H and O–H groups in total. The van der Waals surface area contributed by atoms with Crippen LogP contribution in [0.5, 0.6) is 0 Å². The van der Waals surface area contributed by atoms with E-state index in [9.17, 15) is 4.79 Å². The predicted molar refractivity (Wildman–Crippen MR) is 86.6 cm³/mol. The Balaban J connectivity index is 1.82. The van der Waals surface area contributed by atoms with E-state index in [1.807, 2.05) is 66.7 Å². The Hall–Kier alpha value is -3.01. The molecule has 0 atom stereocenters. The highest BCUT2D eigenvalue weighted by Crippen LogP contribution is 2.23. The molecule has 0 saturated carbocycles. The van der Waals surface area contributed by atoms with Gasteiger partial charge in [0.15, 0.2) is 0 Å². The molecule has 0 fully saturated rings. The van der Waals surface area contributed by atoms with E-state index in [1.165, 1.54) is 0 Å². The highest BCUT2D eigenvalue weighted by atomic mass is 16.5. The third-order valence-electron chi connectivity index (χ3n) is 3.43. The Bertz CT molecular complexity index is 707. The summed E-state index contributed by atoms with van der Waals surface area (Å²) in [4.78, 5) is 21.2. The Labute approximate surface area is 134 Å². The average Bonchev–Trinajstić information content (AvgIpc) is 2.63. The summed E-state index contributed by atoms with van der Waals surface area (Å²) in [5, 5.41) is 0. The molecule has 114 valence electrons. The number of esters is 1. The second-order valence-electron chi connectivity index (χ2n) is 5.04. The molecule has 0 aliphatic carbocycles. The van der Waals surface area contributed by atoms with Gasteiger partial charge in [-0.3, -0.25) is 14.8 Å². The molecule has 0 aliphatic heterocycles. The van der Waals surface area contributed by atoms with Gasteiger partial charge in [-0.05, 0) is 29.8 Å².